The number of hydrogen-bond donors (Lipinski definition) is 0. The van der Waals surface area contributed by atoms with E-state index in [4.69, 9.17) is 20.2 Å². The van der Waals surface area contributed by atoms with E-state index in [0.29, 0.717) is 0 Å². The summed E-state index contributed by atoms with van der Waals surface area (Å²) in [6, 6.07) is 54.2. The normalized spacial score (nSPS) is 13.1. The molecule has 1 aliphatic rings. The first-order valence-electron chi connectivity index (χ1n) is 21.1. The number of nitrogens with zero attached hydrogens (tertiary/aromatic N) is 4. The number of fused-ring (bicyclic) bond motifs is 4. The minimum absolute atomic E-state index is 0.101. The first-order valence-corrected chi connectivity index (χ1v) is 21.1. The number of para-hydroxylation sites is 2. The summed E-state index contributed by atoms with van der Waals surface area (Å²) in [4.78, 5) is 11.1. The average molecular weight is 767 g/mol. The molecule has 0 aliphatic carbocycles. The number of aromatic nitrogens is 2. The molecule has 0 saturated heterocycles. The Morgan fingerprint density at radius 3 is 1.80 bits per heavy atom. The second-order valence-corrected chi connectivity index (χ2v) is 16.9. The Bertz CT molecular complexity index is 2830. The zero-order chi connectivity index (χ0) is 40.5. The van der Waals surface area contributed by atoms with Crippen molar-refractivity contribution in [3.05, 3.63) is 179 Å². The van der Waals surface area contributed by atoms with Crippen LogP contribution in [0, 0.1) is 0 Å². The lowest BCUT2D eigenvalue weighted by molar-refractivity contribution is 0.591. The second-order valence-electron chi connectivity index (χ2n) is 16.9. The van der Waals surface area contributed by atoms with E-state index in [1.165, 1.54) is 22.3 Å². The smallest absolute Gasteiger partial charge is 0.103 e. The monoisotopic (exact) mass is 766 g/mol. The predicted octanol–water partition coefficient (Wildman–Crippen LogP) is 14.6. The van der Waals surface area contributed by atoms with Gasteiger partial charge in [-0.05, 0) is 95.7 Å². The van der Waals surface area contributed by atoms with E-state index in [1.807, 2.05) is 0 Å². The number of unbranched alkanes of at least 4 members (excludes halogenated alkanes) is 1. The maximum Gasteiger partial charge on any atom is 0.103 e. The van der Waals surface area contributed by atoms with E-state index in [9.17, 15) is 0 Å². The summed E-state index contributed by atoms with van der Waals surface area (Å²) < 4.78 is 0. The van der Waals surface area contributed by atoms with Crippen molar-refractivity contribution in [1.82, 2.24) is 10.2 Å². The van der Waals surface area contributed by atoms with Gasteiger partial charge in [0.1, 0.15) is 11.0 Å². The molecule has 0 fully saturated rings. The van der Waals surface area contributed by atoms with Crippen molar-refractivity contribution in [3.63, 3.8) is 0 Å². The average Bonchev–Trinajstić information content (AvgIpc) is 3.27. The zero-order valence-corrected chi connectivity index (χ0v) is 34.8. The molecule has 290 valence electrons. The van der Waals surface area contributed by atoms with Crippen LogP contribution in [0.15, 0.2) is 162 Å². The molecule has 8 aromatic rings. The number of aliphatic imine (C=N–C) groups is 2. The van der Waals surface area contributed by atoms with Crippen molar-refractivity contribution >= 4 is 44.6 Å². The topological polar surface area (TPSA) is 50.5 Å². The Morgan fingerprint density at radius 2 is 1.17 bits per heavy atom. The molecule has 0 N–H and O–H groups in total. The molecule has 0 radical (unpaired) electrons. The molecule has 7 aromatic carbocycles. The van der Waals surface area contributed by atoms with E-state index in [0.717, 1.165) is 116 Å². The molecule has 0 bridgehead atoms. The summed E-state index contributed by atoms with van der Waals surface area (Å²) >= 11 is 0. The van der Waals surface area contributed by atoms with E-state index in [1.54, 1.807) is 0 Å². The van der Waals surface area contributed by atoms with Gasteiger partial charge in [0.05, 0.1) is 17.1 Å². The van der Waals surface area contributed by atoms with Crippen LogP contribution in [0.5, 0.6) is 0 Å². The maximum absolute atomic E-state index is 5.57. The van der Waals surface area contributed by atoms with Crippen LogP contribution in [0.2, 0.25) is 0 Å². The van der Waals surface area contributed by atoms with Crippen LogP contribution in [0.4, 0.5) is 11.4 Å². The predicted molar refractivity (Wildman–Crippen MR) is 250 cm³/mol. The zero-order valence-electron chi connectivity index (χ0n) is 34.8. The fraction of sp³-hybridized carbons (Fsp3) is 0.200. The molecule has 1 aromatic heterocycles. The van der Waals surface area contributed by atoms with Crippen molar-refractivity contribution in [3.8, 4) is 33.4 Å². The Morgan fingerprint density at radius 1 is 0.593 bits per heavy atom. The van der Waals surface area contributed by atoms with Gasteiger partial charge in [0.25, 0.3) is 0 Å². The summed E-state index contributed by atoms with van der Waals surface area (Å²) in [6.45, 7) is 11.3. The summed E-state index contributed by atoms with van der Waals surface area (Å²) in [6.07, 6.45) is 4.96. The first-order chi connectivity index (χ1) is 28.8. The van der Waals surface area contributed by atoms with Crippen LogP contribution >= 0.6 is 0 Å². The number of rotatable bonds is 9. The SMILES string of the molecule is CCCCc1cc(C(C)=Nc2c(-c3ccccc3)cccc2-c2ccccc2)c2nnc3c(C4=Nc5c(cccc5-c5ccccc5)CC4)cc(C(C)(C)C)cc3c2c1. The maximum atomic E-state index is 5.57. The second kappa shape index (κ2) is 16.0. The van der Waals surface area contributed by atoms with Crippen molar-refractivity contribution in [1.29, 1.82) is 0 Å². The highest BCUT2D eigenvalue weighted by Gasteiger charge is 2.25. The third kappa shape index (κ3) is 7.52. The largest absolute Gasteiger partial charge is 0.252 e. The highest BCUT2D eigenvalue weighted by molar-refractivity contribution is 6.19. The molecule has 0 amide bonds. The lowest BCUT2D eigenvalue weighted by atomic mass is 9.83. The molecule has 4 nitrogen and oxygen atoms in total. The molecule has 9 rings (SSSR count). The van der Waals surface area contributed by atoms with Crippen molar-refractivity contribution in [2.45, 2.75) is 72.1 Å². The standard InChI is InChI=1S/C55H50N4/c1-6-7-19-37-32-46(36(2)56-52-44(39-22-13-9-14-23-39)28-18-29-45(52)40-24-15-10-16-25-40)53-47(33-37)48-34-42(55(3,4)5)35-49(54(48)59-58-53)50-31-30-41-26-17-27-43(51(41)57-50)38-20-11-8-12-21-38/h8-18,20-29,32-35H,6-7,19,30-31H2,1-5H3. The van der Waals surface area contributed by atoms with Crippen molar-refractivity contribution in [2.24, 2.45) is 9.98 Å². The minimum atomic E-state index is -0.101. The van der Waals surface area contributed by atoms with Crippen LogP contribution in [0.3, 0.4) is 0 Å². The van der Waals surface area contributed by atoms with Gasteiger partial charge in [-0.3, -0.25) is 9.98 Å². The third-order valence-electron chi connectivity index (χ3n) is 11.8. The van der Waals surface area contributed by atoms with E-state index in [-0.39, 0.29) is 5.41 Å². The fourth-order valence-electron chi connectivity index (χ4n) is 8.52. The molecular formula is C55H50N4. The van der Waals surface area contributed by atoms with E-state index >= 15 is 0 Å². The molecule has 4 heteroatoms. The van der Waals surface area contributed by atoms with Gasteiger partial charge < -0.3 is 0 Å². The molecular weight excluding hydrogens is 717 g/mol. The van der Waals surface area contributed by atoms with Gasteiger partial charge >= 0.3 is 0 Å². The van der Waals surface area contributed by atoms with Crippen LogP contribution in [0.25, 0.3) is 55.2 Å². The minimum Gasteiger partial charge on any atom is -0.252 e. The first kappa shape index (κ1) is 38.0. The van der Waals surface area contributed by atoms with E-state index in [2.05, 4.69) is 186 Å². The fourth-order valence-corrected chi connectivity index (χ4v) is 8.52. The highest BCUT2D eigenvalue weighted by Crippen LogP contribution is 2.42. The number of benzene rings is 7. The summed E-state index contributed by atoms with van der Waals surface area (Å²) in [5, 5.41) is 12.5. The van der Waals surface area contributed by atoms with Gasteiger partial charge in [0, 0.05) is 44.3 Å². The van der Waals surface area contributed by atoms with Gasteiger partial charge in [-0.1, -0.05) is 162 Å². The molecule has 2 heterocycles. The van der Waals surface area contributed by atoms with Crippen LogP contribution < -0.4 is 0 Å². The van der Waals surface area contributed by atoms with Crippen molar-refractivity contribution < 1.29 is 0 Å². The summed E-state index contributed by atoms with van der Waals surface area (Å²) in [5.74, 6) is 0. The molecule has 0 unspecified atom stereocenters. The quantitative estimate of drug-likeness (QED) is 0.108. The lowest BCUT2D eigenvalue weighted by Crippen LogP contribution is -2.15. The molecule has 0 saturated carbocycles. The Labute approximate surface area is 348 Å². The molecule has 0 spiro atoms. The van der Waals surface area contributed by atoms with Crippen molar-refractivity contribution in [2.75, 3.05) is 0 Å². The van der Waals surface area contributed by atoms with Gasteiger partial charge in [-0.2, -0.15) is 0 Å². The van der Waals surface area contributed by atoms with Gasteiger partial charge in [0.15, 0.2) is 0 Å². The Kier molecular flexibility index (Phi) is 10.3. The number of hydrogen-bond acceptors (Lipinski definition) is 4. The lowest BCUT2D eigenvalue weighted by Gasteiger charge is -2.24. The van der Waals surface area contributed by atoms with Crippen LogP contribution in [-0.2, 0) is 18.3 Å². The highest BCUT2D eigenvalue weighted by atomic mass is 15.1. The van der Waals surface area contributed by atoms with Gasteiger partial charge in [0.2, 0.25) is 0 Å². The Hall–Kier alpha value is -6.52. The molecule has 59 heavy (non-hydrogen) atoms. The van der Waals surface area contributed by atoms with E-state index < -0.39 is 0 Å². The van der Waals surface area contributed by atoms with Gasteiger partial charge in [-0.15, -0.1) is 10.2 Å². The van der Waals surface area contributed by atoms with Crippen LogP contribution in [0.1, 0.15) is 81.7 Å². The number of aryl methyl sites for hydroxylation is 2. The molecule has 1 aliphatic heterocycles. The van der Waals surface area contributed by atoms with Crippen LogP contribution in [-0.4, -0.2) is 21.6 Å². The Balaban J connectivity index is 1.28. The molecule has 0 atom stereocenters. The summed E-state index contributed by atoms with van der Waals surface area (Å²) in [5.41, 5.74) is 18.4. The third-order valence-corrected chi connectivity index (χ3v) is 11.8. The summed E-state index contributed by atoms with van der Waals surface area (Å²) in [7, 11) is 0. The van der Waals surface area contributed by atoms with Gasteiger partial charge in [-0.25, -0.2) is 0 Å².